The first-order valence-corrected chi connectivity index (χ1v) is 7.64. The maximum absolute atomic E-state index is 10.3. The minimum atomic E-state index is 0.0432. The monoisotopic (exact) mass is 317 g/mol. The number of ether oxygens (including phenoxy) is 1. The van der Waals surface area contributed by atoms with Gasteiger partial charge in [-0.2, -0.15) is 0 Å². The number of hydrogen-bond donors (Lipinski definition) is 2. The minimum absolute atomic E-state index is 0.0432. The highest BCUT2D eigenvalue weighted by Crippen LogP contribution is 2.42. The first kappa shape index (κ1) is 14.4. The number of thiazole rings is 1. The molecule has 114 valence electrons. The van der Waals surface area contributed by atoms with Crippen molar-refractivity contribution in [3.05, 3.63) is 28.6 Å². The van der Waals surface area contributed by atoms with Crippen molar-refractivity contribution in [3.63, 3.8) is 0 Å². The second kappa shape index (κ2) is 5.69. The van der Waals surface area contributed by atoms with Gasteiger partial charge < -0.3 is 20.1 Å². The van der Waals surface area contributed by atoms with E-state index in [9.17, 15) is 5.11 Å². The number of aromatic hydroxyl groups is 1. The predicted molar refractivity (Wildman–Crippen MR) is 85.1 cm³/mol. The number of rotatable bonds is 4. The summed E-state index contributed by atoms with van der Waals surface area (Å²) in [5, 5.41) is 16.0. The molecular weight excluding hydrogens is 302 g/mol. The SMILES string of the molecule is CCc1cc(-c2onc(N)c2-c2cscn2)c(O)cc1OC. The van der Waals surface area contributed by atoms with Crippen LogP contribution in [0.1, 0.15) is 12.5 Å². The Morgan fingerprint density at radius 3 is 2.86 bits per heavy atom. The fourth-order valence-electron chi connectivity index (χ4n) is 2.33. The molecule has 0 saturated carbocycles. The molecule has 3 N–H and O–H groups in total. The van der Waals surface area contributed by atoms with Crippen LogP contribution in [0.3, 0.4) is 0 Å². The molecule has 2 heterocycles. The molecule has 3 aromatic rings. The fraction of sp³-hybridized carbons (Fsp3) is 0.200. The van der Waals surface area contributed by atoms with E-state index in [1.54, 1.807) is 18.7 Å². The number of methoxy groups -OCH3 is 1. The van der Waals surface area contributed by atoms with Crippen molar-refractivity contribution in [1.29, 1.82) is 0 Å². The number of aromatic nitrogens is 2. The van der Waals surface area contributed by atoms with E-state index in [1.165, 1.54) is 11.3 Å². The molecule has 1 aromatic carbocycles. The molecule has 0 aliphatic heterocycles. The number of hydrogen-bond acceptors (Lipinski definition) is 7. The first-order valence-electron chi connectivity index (χ1n) is 6.69. The molecule has 2 aromatic heterocycles. The van der Waals surface area contributed by atoms with Gasteiger partial charge in [0, 0.05) is 11.4 Å². The van der Waals surface area contributed by atoms with E-state index < -0.39 is 0 Å². The Balaban J connectivity index is 2.21. The molecule has 3 rings (SSSR count). The number of phenolic OH excluding ortho intramolecular Hbond substituents is 1. The van der Waals surface area contributed by atoms with E-state index in [2.05, 4.69) is 10.1 Å². The quantitative estimate of drug-likeness (QED) is 0.766. The lowest BCUT2D eigenvalue weighted by molar-refractivity contribution is 0.401. The molecule has 0 unspecified atom stereocenters. The third-order valence-electron chi connectivity index (χ3n) is 3.43. The maximum atomic E-state index is 10.3. The Kier molecular flexibility index (Phi) is 3.72. The number of nitrogen functional groups attached to an aromatic ring is 1. The van der Waals surface area contributed by atoms with Gasteiger partial charge in [-0.25, -0.2) is 4.98 Å². The molecule has 0 aliphatic carbocycles. The first-order chi connectivity index (χ1) is 10.7. The standard InChI is InChI=1S/C15H15N3O3S/c1-3-8-4-9(11(19)5-12(8)20-2)14-13(15(16)18-21-14)10-6-22-7-17-10/h4-7,19H,3H2,1-2H3,(H2,16,18). The molecule has 22 heavy (non-hydrogen) atoms. The Morgan fingerprint density at radius 2 is 2.23 bits per heavy atom. The molecule has 0 fully saturated rings. The van der Waals surface area contributed by atoms with E-state index in [0.29, 0.717) is 28.3 Å². The summed E-state index contributed by atoms with van der Waals surface area (Å²) in [6, 6.07) is 3.39. The molecular formula is C15H15N3O3S. The highest BCUT2D eigenvalue weighted by atomic mass is 32.1. The van der Waals surface area contributed by atoms with Gasteiger partial charge >= 0.3 is 0 Å². The van der Waals surface area contributed by atoms with Crippen LogP contribution in [-0.4, -0.2) is 22.4 Å². The van der Waals surface area contributed by atoms with E-state index in [-0.39, 0.29) is 11.6 Å². The number of nitrogens with two attached hydrogens (primary N) is 1. The summed E-state index contributed by atoms with van der Waals surface area (Å²) < 4.78 is 10.6. The molecule has 0 spiro atoms. The summed E-state index contributed by atoms with van der Waals surface area (Å²) in [7, 11) is 1.57. The lowest BCUT2D eigenvalue weighted by Crippen LogP contribution is -1.93. The van der Waals surface area contributed by atoms with Gasteiger partial charge in [0.15, 0.2) is 11.6 Å². The van der Waals surface area contributed by atoms with Crippen LogP contribution < -0.4 is 10.5 Å². The van der Waals surface area contributed by atoms with Crippen LogP contribution in [0.5, 0.6) is 11.5 Å². The highest BCUT2D eigenvalue weighted by Gasteiger charge is 2.22. The predicted octanol–water partition coefficient (Wildman–Crippen LogP) is 3.32. The minimum Gasteiger partial charge on any atom is -0.507 e. The van der Waals surface area contributed by atoms with Gasteiger partial charge in [-0.3, -0.25) is 0 Å². The third-order valence-corrected chi connectivity index (χ3v) is 4.02. The zero-order valence-electron chi connectivity index (χ0n) is 12.2. The zero-order chi connectivity index (χ0) is 15.7. The average Bonchev–Trinajstić information content (AvgIpc) is 3.16. The summed E-state index contributed by atoms with van der Waals surface area (Å²) in [6.07, 6.45) is 0.756. The maximum Gasteiger partial charge on any atom is 0.182 e. The van der Waals surface area contributed by atoms with Crippen molar-refractivity contribution in [1.82, 2.24) is 10.1 Å². The van der Waals surface area contributed by atoms with Crippen molar-refractivity contribution in [2.45, 2.75) is 13.3 Å². The number of phenols is 1. The normalized spacial score (nSPS) is 10.8. The molecule has 6 nitrogen and oxygen atoms in total. The summed E-state index contributed by atoms with van der Waals surface area (Å²) >= 11 is 1.45. The summed E-state index contributed by atoms with van der Waals surface area (Å²) in [6.45, 7) is 2.01. The average molecular weight is 317 g/mol. The molecule has 0 bridgehead atoms. The van der Waals surface area contributed by atoms with Crippen LogP contribution in [0.25, 0.3) is 22.6 Å². The van der Waals surface area contributed by atoms with Gasteiger partial charge in [0.25, 0.3) is 0 Å². The van der Waals surface area contributed by atoms with Crippen molar-refractivity contribution in [3.8, 4) is 34.1 Å². The Labute approximate surface area is 131 Å². The zero-order valence-corrected chi connectivity index (χ0v) is 13.0. The van der Waals surface area contributed by atoms with E-state index in [1.807, 2.05) is 18.4 Å². The molecule has 0 saturated heterocycles. The number of benzene rings is 1. The third kappa shape index (κ3) is 2.29. The van der Waals surface area contributed by atoms with Gasteiger partial charge in [0.1, 0.15) is 11.5 Å². The summed E-state index contributed by atoms with van der Waals surface area (Å²) in [4.78, 5) is 4.24. The number of aryl methyl sites for hydroxylation is 1. The van der Waals surface area contributed by atoms with Crippen LogP contribution in [0.2, 0.25) is 0 Å². The van der Waals surface area contributed by atoms with Crippen LogP contribution in [0.4, 0.5) is 5.82 Å². The van der Waals surface area contributed by atoms with Gasteiger partial charge in [0.2, 0.25) is 0 Å². The van der Waals surface area contributed by atoms with E-state index >= 15 is 0 Å². The van der Waals surface area contributed by atoms with Crippen molar-refractivity contribution in [2.75, 3.05) is 12.8 Å². The van der Waals surface area contributed by atoms with Gasteiger partial charge in [-0.1, -0.05) is 12.1 Å². The Bertz CT molecular complexity index is 797. The van der Waals surface area contributed by atoms with Crippen LogP contribution in [0, 0.1) is 0 Å². The Hall–Kier alpha value is -2.54. The van der Waals surface area contributed by atoms with Crippen molar-refractivity contribution < 1.29 is 14.4 Å². The van der Waals surface area contributed by atoms with Crippen molar-refractivity contribution >= 4 is 17.2 Å². The van der Waals surface area contributed by atoms with Gasteiger partial charge in [-0.15, -0.1) is 11.3 Å². The lowest BCUT2D eigenvalue weighted by atomic mass is 10.0. The number of nitrogens with zero attached hydrogens (tertiary/aromatic N) is 2. The molecule has 7 heteroatoms. The van der Waals surface area contributed by atoms with Gasteiger partial charge in [0.05, 0.1) is 29.4 Å². The second-order valence-corrected chi connectivity index (χ2v) is 5.40. The summed E-state index contributed by atoms with van der Waals surface area (Å²) in [5.74, 6) is 1.32. The second-order valence-electron chi connectivity index (χ2n) is 4.68. The highest BCUT2D eigenvalue weighted by molar-refractivity contribution is 7.07. The number of anilines is 1. The summed E-state index contributed by atoms with van der Waals surface area (Å²) in [5.41, 5.74) is 10.3. The van der Waals surface area contributed by atoms with E-state index in [0.717, 1.165) is 12.0 Å². The van der Waals surface area contributed by atoms with Gasteiger partial charge in [-0.05, 0) is 18.1 Å². The Morgan fingerprint density at radius 1 is 1.41 bits per heavy atom. The smallest absolute Gasteiger partial charge is 0.182 e. The topological polar surface area (TPSA) is 94.4 Å². The van der Waals surface area contributed by atoms with Crippen LogP contribution in [0.15, 0.2) is 27.5 Å². The van der Waals surface area contributed by atoms with Crippen LogP contribution >= 0.6 is 11.3 Å². The molecule has 0 radical (unpaired) electrons. The fourth-order valence-corrected chi connectivity index (χ4v) is 2.87. The van der Waals surface area contributed by atoms with E-state index in [4.69, 9.17) is 15.0 Å². The van der Waals surface area contributed by atoms with Crippen molar-refractivity contribution in [2.24, 2.45) is 0 Å². The van der Waals surface area contributed by atoms with Crippen LogP contribution in [-0.2, 0) is 6.42 Å². The lowest BCUT2D eigenvalue weighted by Gasteiger charge is -2.10. The molecule has 0 amide bonds. The molecule has 0 aliphatic rings. The largest absolute Gasteiger partial charge is 0.507 e. The molecule has 0 atom stereocenters.